The lowest BCUT2D eigenvalue weighted by atomic mass is 10.3. The van der Waals surface area contributed by atoms with E-state index in [4.69, 9.17) is 0 Å². The third-order valence-electron chi connectivity index (χ3n) is 2.07. The molecule has 0 aliphatic carbocycles. The average molecular weight is 243 g/mol. The predicted octanol–water partition coefficient (Wildman–Crippen LogP) is 3.55. The van der Waals surface area contributed by atoms with Gasteiger partial charge in [-0.05, 0) is 30.7 Å². The number of benzene rings is 1. The van der Waals surface area contributed by atoms with E-state index in [0.29, 0.717) is 0 Å². The van der Waals surface area contributed by atoms with Gasteiger partial charge in [0, 0.05) is 18.8 Å². The van der Waals surface area contributed by atoms with E-state index >= 15 is 0 Å². The number of fused-ring (bicyclic) bond motifs is 1. The van der Waals surface area contributed by atoms with E-state index in [0.717, 1.165) is 0 Å². The van der Waals surface area contributed by atoms with E-state index in [1.54, 1.807) is 19.5 Å². The zero-order chi connectivity index (χ0) is 13.1. The van der Waals surface area contributed by atoms with Crippen LogP contribution in [0.1, 0.15) is 6.92 Å². The van der Waals surface area contributed by atoms with Crippen molar-refractivity contribution in [2.24, 2.45) is 4.99 Å². The van der Waals surface area contributed by atoms with Gasteiger partial charge in [0.15, 0.2) is 6.39 Å². The molecule has 0 spiro atoms. The molecular weight excluding hydrogens is 226 g/mol. The Kier molecular flexibility index (Phi) is 6.66. The maximum absolute atomic E-state index is 4.47. The van der Waals surface area contributed by atoms with Crippen LogP contribution in [0.2, 0.25) is 0 Å². The summed E-state index contributed by atoms with van der Waals surface area (Å²) in [5.41, 5.74) is 1.21. The molecule has 3 aromatic rings. The van der Waals surface area contributed by atoms with Crippen LogP contribution >= 0.6 is 0 Å². The SMILES string of the molecule is CC=NC.c1ccc2[nH]ccc2c1.c1cocn1. The van der Waals surface area contributed by atoms with Crippen LogP contribution in [0.5, 0.6) is 0 Å². The number of rotatable bonds is 0. The molecule has 94 valence electrons. The van der Waals surface area contributed by atoms with Crippen molar-refractivity contribution in [2.75, 3.05) is 7.05 Å². The Morgan fingerprint density at radius 2 is 2.06 bits per heavy atom. The first-order chi connectivity index (χ1) is 8.88. The van der Waals surface area contributed by atoms with Crippen LogP contribution in [0.25, 0.3) is 10.9 Å². The Morgan fingerprint density at radius 1 is 1.28 bits per heavy atom. The molecule has 0 aliphatic heterocycles. The fraction of sp³-hybridized carbons (Fsp3) is 0.143. The number of aromatic amines is 1. The standard InChI is InChI=1S/C8H7N.C3H3NO.C3H7N/c1-2-4-8-7(3-1)5-6-9-8;1-2-5-3-4-1;1-3-4-2/h1-6,9H;1-3H;3H,1-2H3. The fourth-order valence-electron chi connectivity index (χ4n) is 1.17. The van der Waals surface area contributed by atoms with Crippen LogP contribution in [0.3, 0.4) is 0 Å². The van der Waals surface area contributed by atoms with Gasteiger partial charge in [-0.1, -0.05) is 18.2 Å². The molecule has 3 rings (SSSR count). The minimum absolute atomic E-state index is 1.21. The van der Waals surface area contributed by atoms with Crippen LogP contribution in [-0.4, -0.2) is 23.2 Å². The Hall–Kier alpha value is -2.36. The summed E-state index contributed by atoms with van der Waals surface area (Å²) in [5.74, 6) is 0. The molecule has 0 bridgehead atoms. The minimum Gasteiger partial charge on any atom is -0.452 e. The van der Waals surface area contributed by atoms with Gasteiger partial charge in [0.05, 0.1) is 6.20 Å². The highest BCUT2D eigenvalue weighted by molar-refractivity contribution is 5.78. The molecule has 4 nitrogen and oxygen atoms in total. The molecule has 1 N–H and O–H groups in total. The van der Waals surface area contributed by atoms with E-state index in [-0.39, 0.29) is 0 Å². The van der Waals surface area contributed by atoms with Gasteiger partial charge in [0.1, 0.15) is 6.26 Å². The number of aromatic nitrogens is 2. The van der Waals surface area contributed by atoms with Crippen LogP contribution < -0.4 is 0 Å². The largest absolute Gasteiger partial charge is 0.452 e. The fourth-order valence-corrected chi connectivity index (χ4v) is 1.17. The van der Waals surface area contributed by atoms with Gasteiger partial charge >= 0.3 is 0 Å². The number of hydrogen-bond donors (Lipinski definition) is 1. The highest BCUT2D eigenvalue weighted by Gasteiger charge is 1.86. The number of para-hydroxylation sites is 1. The molecular formula is C14H17N3O. The summed E-state index contributed by atoms with van der Waals surface area (Å²) >= 11 is 0. The number of aliphatic imine (C=N–C) groups is 1. The number of nitrogens with one attached hydrogen (secondary N) is 1. The molecule has 0 saturated carbocycles. The molecule has 0 unspecified atom stereocenters. The molecule has 4 heteroatoms. The summed E-state index contributed by atoms with van der Waals surface area (Å²) in [6.45, 7) is 1.89. The van der Waals surface area contributed by atoms with Gasteiger partial charge in [0.2, 0.25) is 0 Å². The van der Waals surface area contributed by atoms with E-state index in [1.165, 1.54) is 23.6 Å². The van der Waals surface area contributed by atoms with Crippen molar-refractivity contribution in [3.63, 3.8) is 0 Å². The third kappa shape index (κ3) is 5.12. The van der Waals surface area contributed by atoms with Crippen molar-refractivity contribution in [1.82, 2.24) is 9.97 Å². The zero-order valence-corrected chi connectivity index (χ0v) is 10.6. The van der Waals surface area contributed by atoms with Crippen molar-refractivity contribution in [3.05, 3.63) is 55.4 Å². The van der Waals surface area contributed by atoms with Crippen LogP contribution in [-0.2, 0) is 0 Å². The minimum atomic E-state index is 1.21. The van der Waals surface area contributed by atoms with Crippen LogP contribution in [0.15, 0.2) is 64.8 Å². The first kappa shape index (κ1) is 13.7. The molecule has 0 fully saturated rings. The summed E-state index contributed by atoms with van der Waals surface area (Å²) < 4.78 is 4.47. The first-order valence-corrected chi connectivity index (χ1v) is 5.59. The second-order valence-electron chi connectivity index (χ2n) is 3.26. The quantitative estimate of drug-likeness (QED) is 0.614. The maximum Gasteiger partial charge on any atom is 0.180 e. The summed E-state index contributed by atoms with van der Waals surface area (Å²) in [7, 11) is 1.75. The number of oxazole rings is 1. The zero-order valence-electron chi connectivity index (χ0n) is 10.6. The van der Waals surface area contributed by atoms with Crippen molar-refractivity contribution in [2.45, 2.75) is 6.92 Å². The molecule has 18 heavy (non-hydrogen) atoms. The lowest BCUT2D eigenvalue weighted by molar-refractivity contribution is 0.558. The first-order valence-electron chi connectivity index (χ1n) is 5.59. The molecule has 0 saturated heterocycles. The highest BCUT2D eigenvalue weighted by atomic mass is 16.3. The van der Waals surface area contributed by atoms with Gasteiger partial charge in [-0.15, -0.1) is 0 Å². The van der Waals surface area contributed by atoms with Crippen molar-refractivity contribution in [3.8, 4) is 0 Å². The smallest absolute Gasteiger partial charge is 0.180 e. The molecule has 0 aliphatic rings. The Bertz CT molecular complexity index is 489. The van der Waals surface area contributed by atoms with Crippen LogP contribution in [0, 0.1) is 0 Å². The van der Waals surface area contributed by atoms with Gasteiger partial charge in [-0.2, -0.15) is 0 Å². The van der Waals surface area contributed by atoms with Gasteiger partial charge in [0.25, 0.3) is 0 Å². The van der Waals surface area contributed by atoms with E-state index in [9.17, 15) is 0 Å². The normalized spacial score (nSPS) is 9.44. The average Bonchev–Trinajstić information content (AvgIpc) is 3.12. The van der Waals surface area contributed by atoms with E-state index in [1.807, 2.05) is 25.3 Å². The Labute approximate surface area is 106 Å². The van der Waals surface area contributed by atoms with Gasteiger partial charge in [-0.25, -0.2) is 4.98 Å². The van der Waals surface area contributed by atoms with E-state index in [2.05, 4.69) is 37.6 Å². The monoisotopic (exact) mass is 243 g/mol. The number of nitrogens with zero attached hydrogens (tertiary/aromatic N) is 2. The number of H-pyrrole nitrogens is 1. The second kappa shape index (κ2) is 8.75. The van der Waals surface area contributed by atoms with E-state index < -0.39 is 0 Å². The lowest BCUT2D eigenvalue weighted by Gasteiger charge is -1.83. The molecule has 0 radical (unpaired) electrons. The predicted molar refractivity (Wildman–Crippen MR) is 74.9 cm³/mol. The van der Waals surface area contributed by atoms with Crippen molar-refractivity contribution >= 4 is 17.1 Å². The Balaban J connectivity index is 0.000000154. The topological polar surface area (TPSA) is 54.2 Å². The summed E-state index contributed by atoms with van der Waals surface area (Å²) in [6, 6.07) is 10.3. The molecule has 2 heterocycles. The van der Waals surface area contributed by atoms with Gasteiger partial charge in [-0.3, -0.25) is 0 Å². The molecule has 2 aromatic heterocycles. The maximum atomic E-state index is 4.47. The Morgan fingerprint density at radius 3 is 2.56 bits per heavy atom. The summed E-state index contributed by atoms with van der Waals surface area (Å²) in [5, 5.41) is 1.28. The van der Waals surface area contributed by atoms with Crippen molar-refractivity contribution in [1.29, 1.82) is 0 Å². The van der Waals surface area contributed by atoms with Crippen LogP contribution in [0.4, 0.5) is 0 Å². The molecule has 1 aromatic carbocycles. The summed E-state index contributed by atoms with van der Waals surface area (Å²) in [4.78, 5) is 10.3. The summed E-state index contributed by atoms with van der Waals surface area (Å²) in [6.07, 6.45) is 8.17. The number of hydrogen-bond acceptors (Lipinski definition) is 3. The van der Waals surface area contributed by atoms with Gasteiger partial charge < -0.3 is 14.4 Å². The lowest BCUT2D eigenvalue weighted by Crippen LogP contribution is -1.61. The molecule has 0 amide bonds. The van der Waals surface area contributed by atoms with Crippen molar-refractivity contribution < 1.29 is 4.42 Å². The third-order valence-corrected chi connectivity index (χ3v) is 2.07. The second-order valence-corrected chi connectivity index (χ2v) is 3.26. The molecule has 0 atom stereocenters. The highest BCUT2D eigenvalue weighted by Crippen LogP contribution is 2.09.